The van der Waals surface area contributed by atoms with Crippen LogP contribution in [0.5, 0.6) is 0 Å². The van der Waals surface area contributed by atoms with Crippen molar-refractivity contribution < 1.29 is 0 Å². The van der Waals surface area contributed by atoms with Crippen molar-refractivity contribution in [1.82, 2.24) is 14.6 Å². The van der Waals surface area contributed by atoms with Crippen molar-refractivity contribution in [2.45, 2.75) is 0 Å². The van der Waals surface area contributed by atoms with Gasteiger partial charge in [0.15, 0.2) is 5.65 Å². The third kappa shape index (κ3) is 2.11. The number of hydrogen-bond donors (Lipinski definition) is 1. The molecule has 0 bridgehead atoms. The molecule has 0 radical (unpaired) electrons. The molecule has 2 N–H and O–H groups in total. The highest BCUT2D eigenvalue weighted by atomic mass is 15.2. The number of nitrogens with two attached hydrogens (primary N) is 1. The molecule has 0 aliphatic heterocycles. The number of anilines is 1. The molecule has 0 fully saturated rings. The number of nitrogens with zero attached hydrogens (tertiary/aromatic N) is 3. The van der Waals surface area contributed by atoms with E-state index >= 15 is 0 Å². The van der Waals surface area contributed by atoms with Crippen LogP contribution < -0.4 is 5.73 Å². The van der Waals surface area contributed by atoms with E-state index < -0.39 is 0 Å². The summed E-state index contributed by atoms with van der Waals surface area (Å²) in [6, 6.07) is 17.9. The first kappa shape index (κ1) is 12.6. The van der Waals surface area contributed by atoms with Crippen LogP contribution in [0, 0.1) is 0 Å². The summed E-state index contributed by atoms with van der Waals surface area (Å²) in [5.41, 5.74) is 11.6. The number of benzene rings is 2. The Hall–Kier alpha value is -3.14. The molecule has 0 aliphatic carbocycles. The van der Waals surface area contributed by atoms with Crippen LogP contribution in [0.2, 0.25) is 0 Å². The number of fused-ring (bicyclic) bond motifs is 1. The van der Waals surface area contributed by atoms with E-state index in [1.165, 1.54) is 0 Å². The van der Waals surface area contributed by atoms with Gasteiger partial charge < -0.3 is 5.73 Å². The van der Waals surface area contributed by atoms with Crippen LogP contribution in [0.25, 0.3) is 27.9 Å². The van der Waals surface area contributed by atoms with Gasteiger partial charge in [-0.05, 0) is 23.3 Å². The van der Waals surface area contributed by atoms with E-state index in [1.807, 2.05) is 61.1 Å². The van der Waals surface area contributed by atoms with Crippen LogP contribution in [0.4, 0.5) is 5.69 Å². The Labute approximate surface area is 127 Å². The minimum absolute atomic E-state index is 0.734. The van der Waals surface area contributed by atoms with Crippen molar-refractivity contribution >= 4 is 11.3 Å². The zero-order valence-electron chi connectivity index (χ0n) is 11.8. The van der Waals surface area contributed by atoms with E-state index in [0.29, 0.717) is 0 Å². The van der Waals surface area contributed by atoms with Gasteiger partial charge in [-0.15, -0.1) is 0 Å². The smallest absolute Gasteiger partial charge is 0.162 e. The maximum absolute atomic E-state index is 5.86. The highest BCUT2D eigenvalue weighted by molar-refractivity contribution is 5.79. The van der Waals surface area contributed by atoms with Gasteiger partial charge in [-0.2, -0.15) is 5.10 Å². The summed E-state index contributed by atoms with van der Waals surface area (Å²) >= 11 is 0. The Kier molecular flexibility index (Phi) is 2.86. The Morgan fingerprint density at radius 3 is 2.45 bits per heavy atom. The van der Waals surface area contributed by atoms with Gasteiger partial charge >= 0.3 is 0 Å². The second-order valence-corrected chi connectivity index (χ2v) is 5.16. The minimum atomic E-state index is 0.734. The SMILES string of the molecule is Nc1cccc(-c2cnn3cc(-c4ccccc4)cnc23)c1. The first-order valence-corrected chi connectivity index (χ1v) is 7.06. The lowest BCUT2D eigenvalue weighted by atomic mass is 10.1. The Bertz CT molecular complexity index is 942. The monoisotopic (exact) mass is 286 g/mol. The summed E-state index contributed by atoms with van der Waals surface area (Å²) in [5.74, 6) is 0. The maximum Gasteiger partial charge on any atom is 0.162 e. The van der Waals surface area contributed by atoms with E-state index in [1.54, 1.807) is 4.52 Å². The Morgan fingerprint density at radius 1 is 0.818 bits per heavy atom. The van der Waals surface area contributed by atoms with E-state index in [9.17, 15) is 0 Å². The van der Waals surface area contributed by atoms with Crippen LogP contribution in [0.1, 0.15) is 0 Å². The van der Waals surface area contributed by atoms with Crippen molar-refractivity contribution in [3.05, 3.63) is 73.2 Å². The van der Waals surface area contributed by atoms with Crippen molar-refractivity contribution in [3.8, 4) is 22.3 Å². The van der Waals surface area contributed by atoms with Crippen LogP contribution in [-0.4, -0.2) is 14.6 Å². The summed E-state index contributed by atoms with van der Waals surface area (Å²) in [6.07, 6.45) is 5.70. The third-order valence-electron chi connectivity index (χ3n) is 3.66. The molecule has 0 amide bonds. The maximum atomic E-state index is 5.86. The van der Waals surface area contributed by atoms with Gasteiger partial charge in [-0.1, -0.05) is 42.5 Å². The molecule has 0 aliphatic rings. The Morgan fingerprint density at radius 2 is 1.64 bits per heavy atom. The molecule has 106 valence electrons. The van der Waals surface area contributed by atoms with Gasteiger partial charge in [0.05, 0.1) is 6.20 Å². The summed E-state index contributed by atoms with van der Waals surface area (Å²) in [7, 11) is 0. The van der Waals surface area contributed by atoms with Crippen molar-refractivity contribution in [1.29, 1.82) is 0 Å². The first-order chi connectivity index (χ1) is 10.8. The predicted molar refractivity (Wildman–Crippen MR) is 88.3 cm³/mol. The average Bonchev–Trinajstić information content (AvgIpc) is 2.99. The second-order valence-electron chi connectivity index (χ2n) is 5.16. The van der Waals surface area contributed by atoms with Gasteiger partial charge in [0.1, 0.15) is 0 Å². The van der Waals surface area contributed by atoms with E-state index in [0.717, 1.165) is 33.6 Å². The molecule has 0 saturated heterocycles. The topological polar surface area (TPSA) is 56.2 Å². The second kappa shape index (κ2) is 5.00. The lowest BCUT2D eigenvalue weighted by molar-refractivity contribution is 0.941. The van der Waals surface area contributed by atoms with Gasteiger partial charge in [-0.3, -0.25) is 0 Å². The van der Waals surface area contributed by atoms with Gasteiger partial charge in [-0.25, -0.2) is 9.50 Å². The molecule has 0 unspecified atom stereocenters. The van der Waals surface area contributed by atoms with Crippen LogP contribution in [-0.2, 0) is 0 Å². The number of aromatic nitrogens is 3. The molecule has 4 nitrogen and oxygen atoms in total. The highest BCUT2D eigenvalue weighted by Gasteiger charge is 2.09. The van der Waals surface area contributed by atoms with Crippen LogP contribution >= 0.6 is 0 Å². The lowest BCUT2D eigenvalue weighted by Gasteiger charge is -2.03. The molecular formula is C18H14N4. The first-order valence-electron chi connectivity index (χ1n) is 7.06. The van der Waals surface area contributed by atoms with E-state index in [-0.39, 0.29) is 0 Å². The molecule has 0 atom stereocenters. The van der Waals surface area contributed by atoms with Gasteiger partial charge in [0, 0.05) is 29.2 Å². The fourth-order valence-electron chi connectivity index (χ4n) is 2.56. The average molecular weight is 286 g/mol. The molecule has 2 aromatic heterocycles. The summed E-state index contributed by atoms with van der Waals surface area (Å²) in [4.78, 5) is 4.58. The summed E-state index contributed by atoms with van der Waals surface area (Å²) in [5, 5.41) is 4.42. The largest absolute Gasteiger partial charge is 0.399 e. The zero-order valence-corrected chi connectivity index (χ0v) is 11.8. The van der Waals surface area contributed by atoms with E-state index in [2.05, 4.69) is 22.2 Å². The van der Waals surface area contributed by atoms with Gasteiger partial charge in [0.25, 0.3) is 0 Å². The number of rotatable bonds is 2. The molecule has 0 spiro atoms. The number of nitrogen functional groups attached to an aromatic ring is 1. The molecule has 4 heteroatoms. The van der Waals surface area contributed by atoms with Crippen molar-refractivity contribution in [2.75, 3.05) is 5.73 Å². The fraction of sp³-hybridized carbons (Fsp3) is 0. The highest BCUT2D eigenvalue weighted by Crippen LogP contribution is 2.26. The lowest BCUT2D eigenvalue weighted by Crippen LogP contribution is -1.92. The fourth-order valence-corrected chi connectivity index (χ4v) is 2.56. The standard InChI is InChI=1S/C18H14N4/c19-16-8-4-7-14(9-16)17-11-21-22-12-15(10-20-18(17)22)13-5-2-1-3-6-13/h1-12H,19H2. The van der Waals surface area contributed by atoms with Crippen molar-refractivity contribution in [3.63, 3.8) is 0 Å². The summed E-state index contributed by atoms with van der Waals surface area (Å²) in [6.45, 7) is 0. The summed E-state index contributed by atoms with van der Waals surface area (Å²) < 4.78 is 1.81. The molecular weight excluding hydrogens is 272 g/mol. The number of hydrogen-bond acceptors (Lipinski definition) is 3. The normalized spacial score (nSPS) is 10.9. The third-order valence-corrected chi connectivity index (χ3v) is 3.66. The zero-order chi connectivity index (χ0) is 14.9. The van der Waals surface area contributed by atoms with Crippen molar-refractivity contribution in [2.24, 2.45) is 0 Å². The predicted octanol–water partition coefficient (Wildman–Crippen LogP) is 3.65. The van der Waals surface area contributed by atoms with E-state index in [4.69, 9.17) is 5.73 Å². The van der Waals surface area contributed by atoms with Crippen LogP contribution in [0.15, 0.2) is 73.2 Å². The molecule has 4 aromatic rings. The molecule has 2 aromatic carbocycles. The quantitative estimate of drug-likeness (QED) is 0.572. The molecule has 2 heterocycles. The molecule has 4 rings (SSSR count). The Balaban J connectivity index is 1.84. The van der Waals surface area contributed by atoms with Gasteiger partial charge in [0.2, 0.25) is 0 Å². The molecule has 0 saturated carbocycles. The van der Waals surface area contributed by atoms with Crippen LogP contribution in [0.3, 0.4) is 0 Å². The molecule has 22 heavy (non-hydrogen) atoms. The minimum Gasteiger partial charge on any atom is -0.399 e.